The fourth-order valence-corrected chi connectivity index (χ4v) is 4.28. The molecule has 0 saturated heterocycles. The molecule has 0 aliphatic heterocycles. The third-order valence-electron chi connectivity index (χ3n) is 6.17. The molecule has 2 aromatic heterocycles. The average molecular weight is 405 g/mol. The zero-order valence-electron chi connectivity index (χ0n) is 16.5. The fourth-order valence-electron chi connectivity index (χ4n) is 4.28. The second-order valence-electron chi connectivity index (χ2n) is 8.31. The van der Waals surface area contributed by atoms with Gasteiger partial charge < -0.3 is 14.9 Å². The maximum atomic E-state index is 13.3. The highest BCUT2D eigenvalue weighted by atomic mass is 16.5. The third-order valence-corrected chi connectivity index (χ3v) is 6.17. The Bertz CT molecular complexity index is 1100. The van der Waals surface area contributed by atoms with Crippen LogP contribution in [-0.2, 0) is 4.79 Å². The lowest BCUT2D eigenvalue weighted by Gasteiger charge is -2.27. The Morgan fingerprint density at radius 1 is 1.03 bits per heavy atom. The molecule has 1 amide bonds. The van der Waals surface area contributed by atoms with Crippen LogP contribution in [-0.4, -0.2) is 33.2 Å². The van der Waals surface area contributed by atoms with Crippen LogP contribution in [0.25, 0.3) is 22.4 Å². The number of carboxylic acid groups (broad SMARTS) is 1. The lowest BCUT2D eigenvalue weighted by Crippen LogP contribution is -2.38. The summed E-state index contributed by atoms with van der Waals surface area (Å²) < 4.78 is 5.54. The summed E-state index contributed by atoms with van der Waals surface area (Å²) in [5.74, 6) is -0.864. The summed E-state index contributed by atoms with van der Waals surface area (Å²) in [6, 6.07) is 11.5. The molecule has 0 spiro atoms. The standard InChI is InChI=1S/C23H23N3O4/c27-21(24-16-10-8-15(9-11-16)23(28)29)17-12-18(13-6-7-13)25-22-19(17)20(26-30-22)14-4-2-1-3-5-14/h1-5,12-13,15-16H,6-11H2,(H,24,27)(H,28,29). The molecule has 2 aliphatic rings. The molecular formula is C23H23N3O4. The van der Waals surface area contributed by atoms with Gasteiger partial charge in [0.1, 0.15) is 5.69 Å². The molecule has 0 radical (unpaired) electrons. The summed E-state index contributed by atoms with van der Waals surface area (Å²) in [4.78, 5) is 29.1. The number of nitrogens with zero attached hydrogens (tertiary/aromatic N) is 2. The molecule has 2 aliphatic carbocycles. The van der Waals surface area contributed by atoms with Crippen LogP contribution in [0.2, 0.25) is 0 Å². The van der Waals surface area contributed by atoms with Crippen LogP contribution in [0.4, 0.5) is 0 Å². The van der Waals surface area contributed by atoms with E-state index in [2.05, 4.69) is 15.5 Å². The van der Waals surface area contributed by atoms with Crippen molar-refractivity contribution in [3.63, 3.8) is 0 Å². The SMILES string of the molecule is O=C(NC1CCC(C(=O)O)CC1)c1cc(C2CC2)nc2onc(-c3ccccc3)c12. The molecule has 30 heavy (non-hydrogen) atoms. The van der Waals surface area contributed by atoms with Gasteiger partial charge in [0.05, 0.1) is 16.9 Å². The van der Waals surface area contributed by atoms with E-state index < -0.39 is 5.97 Å². The number of hydrogen-bond acceptors (Lipinski definition) is 5. The summed E-state index contributed by atoms with van der Waals surface area (Å²) in [6.45, 7) is 0. The van der Waals surface area contributed by atoms with Gasteiger partial charge in [-0.2, -0.15) is 0 Å². The second-order valence-corrected chi connectivity index (χ2v) is 8.31. The Balaban J connectivity index is 1.48. The third kappa shape index (κ3) is 3.56. The number of carbonyl (C=O) groups excluding carboxylic acids is 1. The highest BCUT2D eigenvalue weighted by Gasteiger charge is 2.31. The average Bonchev–Trinajstić information content (AvgIpc) is 3.53. The van der Waals surface area contributed by atoms with Gasteiger partial charge in [0, 0.05) is 23.2 Å². The van der Waals surface area contributed by atoms with Gasteiger partial charge in [0.15, 0.2) is 0 Å². The van der Waals surface area contributed by atoms with Crippen LogP contribution in [0, 0.1) is 5.92 Å². The van der Waals surface area contributed by atoms with Crippen LogP contribution in [0.5, 0.6) is 0 Å². The number of carbonyl (C=O) groups is 2. The van der Waals surface area contributed by atoms with Crippen LogP contribution in [0.15, 0.2) is 40.9 Å². The second kappa shape index (κ2) is 7.55. The van der Waals surface area contributed by atoms with Gasteiger partial charge in [0.2, 0.25) is 0 Å². The summed E-state index contributed by atoms with van der Waals surface area (Å²) in [6.07, 6.45) is 4.64. The van der Waals surface area contributed by atoms with Crippen molar-refractivity contribution in [3.05, 3.63) is 47.7 Å². The number of amides is 1. The summed E-state index contributed by atoms with van der Waals surface area (Å²) in [5, 5.41) is 17.2. The summed E-state index contributed by atoms with van der Waals surface area (Å²) >= 11 is 0. The molecule has 2 heterocycles. The first-order chi connectivity index (χ1) is 14.6. The highest BCUT2D eigenvalue weighted by molar-refractivity contribution is 6.09. The van der Waals surface area contributed by atoms with E-state index in [0.29, 0.717) is 54.0 Å². The molecule has 0 bridgehead atoms. The largest absolute Gasteiger partial charge is 0.481 e. The van der Waals surface area contributed by atoms with E-state index in [9.17, 15) is 14.7 Å². The van der Waals surface area contributed by atoms with Crippen molar-refractivity contribution in [3.8, 4) is 11.3 Å². The van der Waals surface area contributed by atoms with E-state index in [1.807, 2.05) is 36.4 Å². The number of aromatic nitrogens is 2. The maximum Gasteiger partial charge on any atom is 0.306 e. The molecule has 7 nitrogen and oxygen atoms in total. The van der Waals surface area contributed by atoms with Gasteiger partial charge in [-0.15, -0.1) is 0 Å². The molecule has 2 fully saturated rings. The Morgan fingerprint density at radius 2 is 1.77 bits per heavy atom. The number of fused-ring (bicyclic) bond motifs is 1. The zero-order chi connectivity index (χ0) is 20.7. The van der Waals surface area contributed by atoms with Crippen molar-refractivity contribution >= 4 is 23.0 Å². The molecule has 2 saturated carbocycles. The number of hydrogen-bond donors (Lipinski definition) is 2. The van der Waals surface area contributed by atoms with E-state index in [4.69, 9.17) is 4.52 Å². The first-order valence-electron chi connectivity index (χ1n) is 10.5. The zero-order valence-corrected chi connectivity index (χ0v) is 16.5. The highest BCUT2D eigenvalue weighted by Crippen LogP contribution is 2.41. The van der Waals surface area contributed by atoms with Gasteiger partial charge in [-0.1, -0.05) is 35.5 Å². The smallest absolute Gasteiger partial charge is 0.306 e. The van der Waals surface area contributed by atoms with E-state index in [1.54, 1.807) is 0 Å². The van der Waals surface area contributed by atoms with E-state index in [1.165, 1.54) is 0 Å². The predicted molar refractivity (Wildman–Crippen MR) is 110 cm³/mol. The van der Waals surface area contributed by atoms with Crippen molar-refractivity contribution in [2.24, 2.45) is 5.92 Å². The number of aliphatic carboxylic acids is 1. The van der Waals surface area contributed by atoms with Crippen LogP contribution in [0.1, 0.15) is 60.5 Å². The number of rotatable bonds is 5. The lowest BCUT2D eigenvalue weighted by molar-refractivity contribution is -0.142. The fraction of sp³-hybridized carbons (Fsp3) is 0.391. The van der Waals surface area contributed by atoms with Crippen molar-refractivity contribution in [2.75, 3.05) is 0 Å². The molecule has 5 rings (SSSR count). The summed E-state index contributed by atoms with van der Waals surface area (Å²) in [7, 11) is 0. The van der Waals surface area contributed by atoms with Crippen LogP contribution < -0.4 is 5.32 Å². The van der Waals surface area contributed by atoms with Gasteiger partial charge >= 0.3 is 5.97 Å². The quantitative estimate of drug-likeness (QED) is 0.661. The minimum Gasteiger partial charge on any atom is -0.481 e. The Morgan fingerprint density at radius 3 is 2.43 bits per heavy atom. The van der Waals surface area contributed by atoms with Crippen molar-refractivity contribution < 1.29 is 19.2 Å². The topological polar surface area (TPSA) is 105 Å². The molecular weight excluding hydrogens is 382 g/mol. The van der Waals surface area contributed by atoms with Crippen molar-refractivity contribution in [1.29, 1.82) is 0 Å². The minimum absolute atomic E-state index is 0.0271. The van der Waals surface area contributed by atoms with Crippen LogP contribution >= 0.6 is 0 Å². The molecule has 7 heteroatoms. The Kier molecular flexibility index (Phi) is 4.73. The van der Waals surface area contributed by atoms with Gasteiger partial charge in [-0.3, -0.25) is 9.59 Å². The van der Waals surface area contributed by atoms with Gasteiger partial charge in [-0.25, -0.2) is 4.98 Å². The summed E-state index contributed by atoms with van der Waals surface area (Å²) in [5.41, 5.74) is 3.27. The first kappa shape index (κ1) is 18.8. The van der Waals surface area contributed by atoms with Gasteiger partial charge in [0.25, 0.3) is 11.6 Å². The first-order valence-corrected chi connectivity index (χ1v) is 10.5. The minimum atomic E-state index is -0.748. The normalized spacial score (nSPS) is 21.5. The number of nitrogens with one attached hydrogen (secondary N) is 1. The van der Waals surface area contributed by atoms with Crippen molar-refractivity contribution in [2.45, 2.75) is 50.5 Å². The van der Waals surface area contributed by atoms with Gasteiger partial charge in [-0.05, 0) is 44.6 Å². The molecule has 1 aromatic carbocycles. The Hall–Kier alpha value is -3.22. The molecule has 0 unspecified atom stereocenters. The molecule has 0 atom stereocenters. The number of carboxylic acids is 1. The molecule has 154 valence electrons. The molecule has 2 N–H and O–H groups in total. The number of pyridine rings is 1. The predicted octanol–water partition coefficient (Wildman–Crippen LogP) is 4.14. The molecule has 3 aromatic rings. The van der Waals surface area contributed by atoms with E-state index in [-0.39, 0.29) is 17.9 Å². The van der Waals surface area contributed by atoms with Crippen LogP contribution in [0.3, 0.4) is 0 Å². The van der Waals surface area contributed by atoms with Crippen molar-refractivity contribution in [1.82, 2.24) is 15.5 Å². The Labute approximate surface area is 173 Å². The van der Waals surface area contributed by atoms with E-state index in [0.717, 1.165) is 24.1 Å². The maximum absolute atomic E-state index is 13.3. The monoisotopic (exact) mass is 405 g/mol. The number of benzene rings is 1. The van der Waals surface area contributed by atoms with E-state index >= 15 is 0 Å². The lowest BCUT2D eigenvalue weighted by atomic mass is 9.86.